The summed E-state index contributed by atoms with van der Waals surface area (Å²) in [6, 6.07) is 5.64. The van der Waals surface area contributed by atoms with Gasteiger partial charge in [0.05, 0.1) is 13.2 Å². The first kappa shape index (κ1) is 14.7. The van der Waals surface area contributed by atoms with Crippen molar-refractivity contribution in [3.63, 3.8) is 0 Å². The van der Waals surface area contributed by atoms with Gasteiger partial charge in [0.25, 0.3) is 0 Å². The quantitative estimate of drug-likeness (QED) is 0.929. The van der Waals surface area contributed by atoms with Gasteiger partial charge in [-0.2, -0.15) is 0 Å². The Hall–Kier alpha value is -2.21. The average molecular weight is 300 g/mol. The van der Waals surface area contributed by atoms with E-state index in [-0.39, 0.29) is 5.92 Å². The van der Waals surface area contributed by atoms with Crippen LogP contribution in [0.25, 0.3) is 0 Å². The van der Waals surface area contributed by atoms with E-state index in [1.807, 2.05) is 18.2 Å². The van der Waals surface area contributed by atoms with Crippen LogP contribution < -0.4 is 9.64 Å². The highest BCUT2D eigenvalue weighted by atomic mass is 16.5. The van der Waals surface area contributed by atoms with E-state index in [9.17, 15) is 5.11 Å². The smallest absolute Gasteiger partial charge is 0.218 e. The van der Waals surface area contributed by atoms with Gasteiger partial charge in [-0.25, -0.2) is 9.97 Å². The first-order valence-electron chi connectivity index (χ1n) is 7.47. The fourth-order valence-corrected chi connectivity index (χ4v) is 2.88. The van der Waals surface area contributed by atoms with Crippen LogP contribution in [0, 0.1) is 5.92 Å². The monoisotopic (exact) mass is 300 g/mol. The van der Waals surface area contributed by atoms with E-state index in [0.29, 0.717) is 5.88 Å². The van der Waals surface area contributed by atoms with E-state index < -0.39 is 6.10 Å². The van der Waals surface area contributed by atoms with E-state index in [1.165, 1.54) is 6.33 Å². The number of aliphatic hydroxyl groups is 1. The van der Waals surface area contributed by atoms with E-state index in [2.05, 4.69) is 19.9 Å². The molecule has 0 bridgehead atoms. The third-order valence-corrected chi connectivity index (χ3v) is 4.17. The maximum Gasteiger partial charge on any atom is 0.218 e. The Bertz CT molecular complexity index is 600. The van der Waals surface area contributed by atoms with Crippen LogP contribution in [0.1, 0.15) is 24.5 Å². The van der Waals surface area contributed by atoms with E-state index in [0.717, 1.165) is 37.3 Å². The Kier molecular flexibility index (Phi) is 4.48. The lowest BCUT2D eigenvalue weighted by atomic mass is 9.88. The third kappa shape index (κ3) is 3.17. The molecule has 2 aromatic heterocycles. The molecule has 3 heterocycles. The van der Waals surface area contributed by atoms with Gasteiger partial charge >= 0.3 is 0 Å². The molecule has 0 spiro atoms. The number of pyridine rings is 1. The number of piperidine rings is 1. The van der Waals surface area contributed by atoms with Crippen molar-refractivity contribution in [2.45, 2.75) is 18.9 Å². The lowest BCUT2D eigenvalue weighted by Crippen LogP contribution is -2.36. The first-order valence-corrected chi connectivity index (χ1v) is 7.47. The van der Waals surface area contributed by atoms with Crippen molar-refractivity contribution in [3.8, 4) is 5.88 Å². The number of rotatable bonds is 4. The summed E-state index contributed by atoms with van der Waals surface area (Å²) in [6.45, 7) is 1.73. The molecule has 22 heavy (non-hydrogen) atoms. The molecule has 1 aliphatic heterocycles. The van der Waals surface area contributed by atoms with Gasteiger partial charge in [0, 0.05) is 31.5 Å². The zero-order chi connectivity index (χ0) is 15.4. The number of ether oxygens (including phenoxy) is 1. The topological polar surface area (TPSA) is 71.4 Å². The SMILES string of the molecule is COc1cc(N2CCC([C@@H](O)c3cccnc3)CC2)ncn1. The van der Waals surface area contributed by atoms with E-state index >= 15 is 0 Å². The molecule has 0 saturated carbocycles. The van der Waals surface area contributed by atoms with Gasteiger partial charge in [0.15, 0.2) is 0 Å². The molecule has 0 aromatic carbocycles. The molecule has 1 saturated heterocycles. The zero-order valence-corrected chi connectivity index (χ0v) is 12.6. The predicted octanol–water partition coefficient (Wildman–Crippen LogP) is 1.83. The fourth-order valence-electron chi connectivity index (χ4n) is 2.88. The minimum Gasteiger partial charge on any atom is -0.481 e. The first-order chi connectivity index (χ1) is 10.8. The molecule has 0 aliphatic carbocycles. The summed E-state index contributed by atoms with van der Waals surface area (Å²) >= 11 is 0. The van der Waals surface area contributed by atoms with Crippen molar-refractivity contribution in [2.24, 2.45) is 5.92 Å². The maximum atomic E-state index is 10.5. The van der Waals surface area contributed by atoms with Gasteiger partial charge < -0.3 is 14.7 Å². The molecule has 116 valence electrons. The summed E-state index contributed by atoms with van der Waals surface area (Å²) < 4.78 is 5.14. The minimum atomic E-state index is -0.448. The number of aromatic nitrogens is 3. The second-order valence-corrected chi connectivity index (χ2v) is 5.47. The Balaban J connectivity index is 1.62. The lowest BCUT2D eigenvalue weighted by Gasteiger charge is -2.34. The summed E-state index contributed by atoms with van der Waals surface area (Å²) in [4.78, 5) is 14.6. The summed E-state index contributed by atoms with van der Waals surface area (Å²) in [5.41, 5.74) is 0.893. The standard InChI is InChI=1S/C16H20N4O2/c1-22-15-9-14(18-11-19-15)20-7-4-12(5-8-20)16(21)13-3-2-6-17-10-13/h2-3,6,9-12,16,21H,4-5,7-8H2,1H3/t16-/m1/s1. The van der Waals surface area contributed by atoms with Crippen molar-refractivity contribution in [1.82, 2.24) is 15.0 Å². The lowest BCUT2D eigenvalue weighted by molar-refractivity contribution is 0.0925. The van der Waals surface area contributed by atoms with Crippen molar-refractivity contribution >= 4 is 5.82 Å². The highest BCUT2D eigenvalue weighted by Gasteiger charge is 2.27. The van der Waals surface area contributed by atoms with Crippen LogP contribution in [-0.4, -0.2) is 40.3 Å². The van der Waals surface area contributed by atoms with Crippen molar-refractivity contribution in [3.05, 3.63) is 42.5 Å². The Morgan fingerprint density at radius 1 is 1.32 bits per heavy atom. The van der Waals surface area contributed by atoms with Crippen molar-refractivity contribution < 1.29 is 9.84 Å². The molecule has 0 radical (unpaired) electrons. The number of nitrogens with zero attached hydrogens (tertiary/aromatic N) is 4. The van der Waals surface area contributed by atoms with Gasteiger partial charge in [-0.05, 0) is 30.4 Å². The molecule has 0 amide bonds. The molecule has 2 aromatic rings. The molecule has 1 fully saturated rings. The van der Waals surface area contributed by atoms with Gasteiger partial charge in [0.1, 0.15) is 12.1 Å². The molecule has 6 heteroatoms. The molecule has 0 unspecified atom stereocenters. The molecule has 1 N–H and O–H groups in total. The largest absolute Gasteiger partial charge is 0.481 e. The summed E-state index contributed by atoms with van der Waals surface area (Å²) in [6.07, 6.45) is 6.37. The number of hydrogen-bond donors (Lipinski definition) is 1. The van der Waals surface area contributed by atoms with Crippen LogP contribution in [0.3, 0.4) is 0 Å². The second-order valence-electron chi connectivity index (χ2n) is 5.47. The maximum absolute atomic E-state index is 10.5. The van der Waals surface area contributed by atoms with Crippen LogP contribution in [0.15, 0.2) is 36.9 Å². The number of anilines is 1. The Labute approximate surface area is 129 Å². The van der Waals surface area contributed by atoms with E-state index in [1.54, 1.807) is 19.5 Å². The summed E-state index contributed by atoms with van der Waals surface area (Å²) in [7, 11) is 1.60. The van der Waals surface area contributed by atoms with Gasteiger partial charge in [-0.3, -0.25) is 4.98 Å². The number of hydrogen-bond acceptors (Lipinski definition) is 6. The van der Waals surface area contributed by atoms with Crippen molar-refractivity contribution in [2.75, 3.05) is 25.1 Å². The molecule has 3 rings (SSSR count). The van der Waals surface area contributed by atoms with Gasteiger partial charge in [-0.15, -0.1) is 0 Å². The number of aliphatic hydroxyl groups excluding tert-OH is 1. The van der Waals surface area contributed by atoms with E-state index in [4.69, 9.17) is 4.74 Å². The molecule has 1 aliphatic rings. The van der Waals surface area contributed by atoms with Crippen LogP contribution in [0.5, 0.6) is 5.88 Å². The fraction of sp³-hybridized carbons (Fsp3) is 0.438. The second kappa shape index (κ2) is 6.70. The van der Waals surface area contributed by atoms with Gasteiger partial charge in [-0.1, -0.05) is 6.07 Å². The highest BCUT2D eigenvalue weighted by Crippen LogP contribution is 2.31. The normalized spacial score (nSPS) is 17.3. The number of methoxy groups -OCH3 is 1. The summed E-state index contributed by atoms with van der Waals surface area (Å²) in [5, 5.41) is 10.5. The predicted molar refractivity (Wildman–Crippen MR) is 82.7 cm³/mol. The van der Waals surface area contributed by atoms with Crippen LogP contribution in [0.4, 0.5) is 5.82 Å². The molecular weight excluding hydrogens is 280 g/mol. The third-order valence-electron chi connectivity index (χ3n) is 4.17. The molecule has 1 atom stereocenters. The van der Waals surface area contributed by atoms with Gasteiger partial charge in [0.2, 0.25) is 5.88 Å². The average Bonchev–Trinajstić information content (AvgIpc) is 2.62. The minimum absolute atomic E-state index is 0.254. The van der Waals surface area contributed by atoms with Crippen LogP contribution in [-0.2, 0) is 0 Å². The zero-order valence-electron chi connectivity index (χ0n) is 12.6. The Morgan fingerprint density at radius 2 is 2.14 bits per heavy atom. The Morgan fingerprint density at radius 3 is 2.82 bits per heavy atom. The van der Waals surface area contributed by atoms with Crippen LogP contribution >= 0.6 is 0 Å². The molecular formula is C16H20N4O2. The van der Waals surface area contributed by atoms with Crippen LogP contribution in [0.2, 0.25) is 0 Å². The highest BCUT2D eigenvalue weighted by molar-refractivity contribution is 5.41. The molecule has 6 nitrogen and oxygen atoms in total. The summed E-state index contributed by atoms with van der Waals surface area (Å²) in [5.74, 6) is 1.70. The van der Waals surface area contributed by atoms with Crippen molar-refractivity contribution in [1.29, 1.82) is 0 Å².